The van der Waals surface area contributed by atoms with Crippen LogP contribution in [0.5, 0.6) is 0 Å². The molecule has 0 fully saturated rings. The average molecular weight is 234 g/mol. The zero-order valence-electron chi connectivity index (χ0n) is 9.68. The van der Waals surface area contributed by atoms with Crippen molar-refractivity contribution in [3.63, 3.8) is 0 Å². The molecule has 0 bridgehead atoms. The zero-order valence-corrected chi connectivity index (χ0v) is 9.68. The lowest BCUT2D eigenvalue weighted by Crippen LogP contribution is -2.07. The highest BCUT2D eigenvalue weighted by molar-refractivity contribution is 5.50. The van der Waals surface area contributed by atoms with Gasteiger partial charge in [0, 0.05) is 20.2 Å². The summed E-state index contributed by atoms with van der Waals surface area (Å²) in [4.78, 5) is 12.1. The predicted molar refractivity (Wildman–Crippen MR) is 64.3 cm³/mol. The average Bonchev–Trinajstić information content (AvgIpc) is 2.72. The minimum atomic E-state index is 0.216. The van der Waals surface area contributed by atoms with Gasteiger partial charge in [-0.15, -0.1) is 0 Å². The van der Waals surface area contributed by atoms with E-state index < -0.39 is 0 Å². The van der Waals surface area contributed by atoms with Gasteiger partial charge >= 0.3 is 0 Å². The Morgan fingerprint density at radius 3 is 2.76 bits per heavy atom. The molecule has 0 spiro atoms. The first-order valence-corrected chi connectivity index (χ1v) is 5.08. The number of anilines is 3. The van der Waals surface area contributed by atoms with Gasteiger partial charge in [0.2, 0.25) is 5.95 Å². The molecule has 2 heterocycles. The SMILES string of the molecule is CNc1cc(NCc2ncn(C)n2)nc(N)n1. The summed E-state index contributed by atoms with van der Waals surface area (Å²) in [6, 6.07) is 1.76. The lowest BCUT2D eigenvalue weighted by atomic mass is 10.5. The van der Waals surface area contributed by atoms with Gasteiger partial charge in [0.25, 0.3) is 0 Å². The molecule has 0 aromatic carbocycles. The van der Waals surface area contributed by atoms with Crippen molar-refractivity contribution in [3.8, 4) is 0 Å². The number of hydrogen-bond acceptors (Lipinski definition) is 7. The molecule has 4 N–H and O–H groups in total. The Morgan fingerprint density at radius 1 is 1.35 bits per heavy atom. The molecule has 2 aromatic rings. The molecule has 0 aliphatic heterocycles. The molecule has 0 saturated carbocycles. The number of aryl methyl sites for hydroxylation is 1. The van der Waals surface area contributed by atoms with Crippen LogP contribution < -0.4 is 16.4 Å². The number of hydrogen-bond donors (Lipinski definition) is 3. The van der Waals surface area contributed by atoms with Gasteiger partial charge in [-0.05, 0) is 0 Å². The second-order valence-corrected chi connectivity index (χ2v) is 3.43. The van der Waals surface area contributed by atoms with Gasteiger partial charge in [0.15, 0.2) is 5.82 Å². The molecule has 2 rings (SSSR count). The van der Waals surface area contributed by atoms with Gasteiger partial charge in [-0.3, -0.25) is 4.68 Å². The van der Waals surface area contributed by atoms with Crippen LogP contribution in [0.3, 0.4) is 0 Å². The number of nitrogens with one attached hydrogen (secondary N) is 2. The van der Waals surface area contributed by atoms with E-state index in [1.807, 2.05) is 7.05 Å². The molecule has 17 heavy (non-hydrogen) atoms. The Bertz CT molecular complexity index is 505. The number of nitrogen functional groups attached to an aromatic ring is 1. The lowest BCUT2D eigenvalue weighted by Gasteiger charge is -2.06. The maximum absolute atomic E-state index is 5.57. The van der Waals surface area contributed by atoms with E-state index in [2.05, 4.69) is 30.7 Å². The molecule has 0 unspecified atom stereocenters. The van der Waals surface area contributed by atoms with E-state index in [0.29, 0.717) is 24.0 Å². The fourth-order valence-electron chi connectivity index (χ4n) is 1.32. The van der Waals surface area contributed by atoms with Crippen molar-refractivity contribution in [1.82, 2.24) is 24.7 Å². The second-order valence-electron chi connectivity index (χ2n) is 3.43. The number of rotatable bonds is 4. The van der Waals surface area contributed by atoms with E-state index in [-0.39, 0.29) is 5.95 Å². The minimum absolute atomic E-state index is 0.216. The minimum Gasteiger partial charge on any atom is -0.373 e. The Labute approximate surface area is 98.3 Å². The topological polar surface area (TPSA) is 107 Å². The number of aromatic nitrogens is 5. The van der Waals surface area contributed by atoms with E-state index in [0.717, 1.165) is 0 Å². The van der Waals surface area contributed by atoms with Crippen LogP contribution in [0.2, 0.25) is 0 Å². The van der Waals surface area contributed by atoms with E-state index in [9.17, 15) is 0 Å². The van der Waals surface area contributed by atoms with E-state index in [1.165, 1.54) is 0 Å². The first-order chi connectivity index (χ1) is 8.17. The number of nitrogens with zero attached hydrogens (tertiary/aromatic N) is 5. The molecule has 90 valence electrons. The third-order valence-electron chi connectivity index (χ3n) is 2.07. The quantitative estimate of drug-likeness (QED) is 0.674. The summed E-state index contributed by atoms with van der Waals surface area (Å²) >= 11 is 0. The molecule has 0 radical (unpaired) electrons. The lowest BCUT2D eigenvalue weighted by molar-refractivity contribution is 0.747. The fourth-order valence-corrected chi connectivity index (χ4v) is 1.32. The van der Waals surface area contributed by atoms with Gasteiger partial charge in [0.05, 0.1) is 6.54 Å². The summed E-state index contributed by atoms with van der Waals surface area (Å²) in [6.07, 6.45) is 1.64. The molecule has 0 amide bonds. The van der Waals surface area contributed by atoms with E-state index in [1.54, 1.807) is 24.1 Å². The molecule has 2 aromatic heterocycles. The van der Waals surface area contributed by atoms with Gasteiger partial charge in [-0.2, -0.15) is 15.1 Å². The normalized spacial score (nSPS) is 10.2. The van der Waals surface area contributed by atoms with Crippen LogP contribution >= 0.6 is 0 Å². The molecular weight excluding hydrogens is 220 g/mol. The monoisotopic (exact) mass is 234 g/mol. The molecule has 0 atom stereocenters. The second kappa shape index (κ2) is 4.64. The molecule has 8 heteroatoms. The largest absolute Gasteiger partial charge is 0.373 e. The van der Waals surface area contributed by atoms with Gasteiger partial charge in [-0.1, -0.05) is 0 Å². The smallest absolute Gasteiger partial charge is 0.223 e. The van der Waals surface area contributed by atoms with Crippen LogP contribution in [0.1, 0.15) is 5.82 Å². The number of nitrogens with two attached hydrogens (primary N) is 1. The Hall–Kier alpha value is -2.38. The van der Waals surface area contributed by atoms with Crippen LogP contribution in [0.25, 0.3) is 0 Å². The first-order valence-electron chi connectivity index (χ1n) is 5.08. The van der Waals surface area contributed by atoms with Gasteiger partial charge in [0.1, 0.15) is 18.0 Å². The molecular formula is C9H14N8. The van der Waals surface area contributed by atoms with Gasteiger partial charge in [-0.25, -0.2) is 4.98 Å². The van der Waals surface area contributed by atoms with Crippen LogP contribution in [0.15, 0.2) is 12.4 Å². The third-order valence-corrected chi connectivity index (χ3v) is 2.07. The Kier molecular flexibility index (Phi) is 3.03. The van der Waals surface area contributed by atoms with E-state index >= 15 is 0 Å². The highest BCUT2D eigenvalue weighted by Gasteiger charge is 2.02. The van der Waals surface area contributed by atoms with Crippen LogP contribution in [0.4, 0.5) is 17.6 Å². The molecule has 0 aliphatic carbocycles. The van der Waals surface area contributed by atoms with Crippen molar-refractivity contribution in [1.29, 1.82) is 0 Å². The maximum Gasteiger partial charge on any atom is 0.223 e. The fraction of sp³-hybridized carbons (Fsp3) is 0.333. The maximum atomic E-state index is 5.57. The van der Waals surface area contributed by atoms with Crippen LogP contribution in [-0.2, 0) is 13.6 Å². The van der Waals surface area contributed by atoms with Crippen LogP contribution in [-0.4, -0.2) is 31.8 Å². The summed E-state index contributed by atoms with van der Waals surface area (Å²) in [5.74, 6) is 2.20. The molecule has 8 nitrogen and oxygen atoms in total. The van der Waals surface area contributed by atoms with Crippen molar-refractivity contribution in [2.24, 2.45) is 7.05 Å². The Morgan fingerprint density at radius 2 is 2.12 bits per heavy atom. The van der Waals surface area contributed by atoms with Crippen molar-refractivity contribution < 1.29 is 0 Å². The van der Waals surface area contributed by atoms with Crippen molar-refractivity contribution >= 4 is 17.6 Å². The van der Waals surface area contributed by atoms with Crippen molar-refractivity contribution in [3.05, 3.63) is 18.2 Å². The first kappa shape index (κ1) is 11.1. The third kappa shape index (κ3) is 2.80. The summed E-state index contributed by atoms with van der Waals surface area (Å²) in [5, 5.41) is 10.1. The van der Waals surface area contributed by atoms with Crippen molar-refractivity contribution in [2.45, 2.75) is 6.54 Å². The molecule has 0 aliphatic rings. The van der Waals surface area contributed by atoms with Crippen molar-refractivity contribution in [2.75, 3.05) is 23.4 Å². The van der Waals surface area contributed by atoms with Crippen LogP contribution in [0, 0.1) is 0 Å². The molecule has 0 saturated heterocycles. The Balaban J connectivity index is 2.05. The highest BCUT2D eigenvalue weighted by atomic mass is 15.3. The summed E-state index contributed by atoms with van der Waals surface area (Å²) in [6.45, 7) is 0.487. The zero-order chi connectivity index (χ0) is 12.3. The highest BCUT2D eigenvalue weighted by Crippen LogP contribution is 2.12. The van der Waals surface area contributed by atoms with E-state index in [4.69, 9.17) is 5.73 Å². The summed E-state index contributed by atoms with van der Waals surface area (Å²) in [7, 11) is 3.59. The predicted octanol–water partition coefficient (Wildman–Crippen LogP) is -0.159. The summed E-state index contributed by atoms with van der Waals surface area (Å²) < 4.78 is 1.64. The standard InChI is InChI=1S/C9H14N8/c1-11-6-3-7(15-9(10)14-6)12-4-8-13-5-17(2)16-8/h3,5H,4H2,1-2H3,(H4,10,11,12,14,15). The van der Waals surface area contributed by atoms with Gasteiger partial charge < -0.3 is 16.4 Å². The summed E-state index contributed by atoms with van der Waals surface area (Å²) in [5.41, 5.74) is 5.57.